The maximum absolute atomic E-state index is 10.9. The lowest BCUT2D eigenvalue weighted by Crippen LogP contribution is -2.39. The van der Waals surface area contributed by atoms with Crippen molar-refractivity contribution in [2.24, 2.45) is 4.99 Å². The van der Waals surface area contributed by atoms with Crippen molar-refractivity contribution in [2.45, 2.75) is 12.8 Å². The summed E-state index contributed by atoms with van der Waals surface area (Å²) >= 11 is 0. The molecule has 1 aromatic rings. The average Bonchev–Trinajstić information content (AvgIpc) is 2.45. The summed E-state index contributed by atoms with van der Waals surface area (Å²) in [5.74, 6) is 0.699. The third-order valence-electron chi connectivity index (χ3n) is 2.63. The van der Waals surface area contributed by atoms with E-state index in [1.807, 2.05) is 18.2 Å². The molecule has 21 heavy (non-hydrogen) atoms. The van der Waals surface area contributed by atoms with Crippen molar-refractivity contribution < 1.29 is 8.42 Å². The van der Waals surface area contributed by atoms with Gasteiger partial charge in [0.1, 0.15) is 0 Å². The van der Waals surface area contributed by atoms with Crippen LogP contribution in [0.1, 0.15) is 12.1 Å². The van der Waals surface area contributed by atoms with Crippen molar-refractivity contribution in [2.75, 3.05) is 32.9 Å². The minimum Gasteiger partial charge on any atom is -0.356 e. The van der Waals surface area contributed by atoms with E-state index in [2.05, 4.69) is 25.3 Å². The average molecular weight is 313 g/mol. The molecule has 1 aromatic heterocycles. The molecule has 0 saturated carbocycles. The predicted molar refractivity (Wildman–Crippen MR) is 84.8 cm³/mol. The van der Waals surface area contributed by atoms with Crippen LogP contribution in [0.4, 0.5) is 0 Å². The first-order chi connectivity index (χ1) is 10.0. The molecule has 1 rings (SSSR count). The Morgan fingerprint density at radius 3 is 2.62 bits per heavy atom. The first-order valence-electron chi connectivity index (χ1n) is 6.80. The molecule has 0 aliphatic rings. The number of nitrogens with one attached hydrogen (secondary N) is 3. The number of pyridine rings is 1. The second kappa shape index (κ2) is 9.30. The van der Waals surface area contributed by atoms with Crippen molar-refractivity contribution >= 4 is 16.0 Å². The van der Waals surface area contributed by atoms with E-state index in [0.717, 1.165) is 24.9 Å². The zero-order valence-electron chi connectivity index (χ0n) is 12.5. The van der Waals surface area contributed by atoms with Gasteiger partial charge in [0.25, 0.3) is 0 Å². The second-order valence-electron chi connectivity index (χ2n) is 4.52. The Morgan fingerprint density at radius 1 is 1.24 bits per heavy atom. The number of hydrogen-bond donors (Lipinski definition) is 3. The molecular weight excluding hydrogens is 290 g/mol. The SMILES string of the molecule is CN=C(NCCCNS(C)(=O)=O)NCCc1ccccn1. The van der Waals surface area contributed by atoms with Gasteiger partial charge in [-0.1, -0.05) is 6.07 Å². The highest BCUT2D eigenvalue weighted by molar-refractivity contribution is 7.88. The van der Waals surface area contributed by atoms with E-state index in [1.165, 1.54) is 0 Å². The molecule has 0 atom stereocenters. The van der Waals surface area contributed by atoms with E-state index < -0.39 is 10.0 Å². The minimum atomic E-state index is -3.11. The number of aromatic nitrogens is 1. The molecule has 0 fully saturated rings. The molecule has 0 bridgehead atoms. The largest absolute Gasteiger partial charge is 0.356 e. The molecule has 0 aliphatic heterocycles. The van der Waals surface area contributed by atoms with E-state index in [4.69, 9.17) is 0 Å². The topological polar surface area (TPSA) is 95.5 Å². The van der Waals surface area contributed by atoms with Gasteiger partial charge in [-0.2, -0.15) is 0 Å². The molecule has 3 N–H and O–H groups in total. The van der Waals surface area contributed by atoms with Crippen LogP contribution in [0.15, 0.2) is 29.4 Å². The van der Waals surface area contributed by atoms with Gasteiger partial charge in [-0.05, 0) is 18.6 Å². The fourth-order valence-corrected chi connectivity index (χ4v) is 2.14. The summed E-state index contributed by atoms with van der Waals surface area (Å²) in [5, 5.41) is 6.31. The lowest BCUT2D eigenvalue weighted by molar-refractivity contribution is 0.584. The zero-order chi connectivity index (χ0) is 15.6. The van der Waals surface area contributed by atoms with Gasteiger partial charge in [0.05, 0.1) is 6.26 Å². The Bertz CT molecular complexity index is 531. The Labute approximate surface area is 126 Å². The van der Waals surface area contributed by atoms with Crippen LogP contribution in [0.5, 0.6) is 0 Å². The molecule has 8 heteroatoms. The molecule has 0 unspecified atom stereocenters. The fourth-order valence-electron chi connectivity index (χ4n) is 1.63. The maximum atomic E-state index is 10.9. The maximum Gasteiger partial charge on any atom is 0.208 e. The highest BCUT2D eigenvalue weighted by Crippen LogP contribution is 1.92. The smallest absolute Gasteiger partial charge is 0.208 e. The van der Waals surface area contributed by atoms with Crippen LogP contribution in [-0.2, 0) is 16.4 Å². The summed E-state index contributed by atoms with van der Waals surface area (Å²) in [6, 6.07) is 5.83. The standard InChI is InChI=1S/C13H23N5O2S/c1-14-13(16-9-5-10-18-21(2,19)20)17-11-7-12-6-3-4-8-15-12/h3-4,6,8,18H,5,7,9-11H2,1-2H3,(H2,14,16,17). The van der Waals surface area contributed by atoms with Gasteiger partial charge >= 0.3 is 0 Å². The quantitative estimate of drug-likeness (QED) is 0.349. The van der Waals surface area contributed by atoms with Crippen LogP contribution < -0.4 is 15.4 Å². The van der Waals surface area contributed by atoms with Crippen molar-refractivity contribution in [1.29, 1.82) is 0 Å². The molecule has 1 heterocycles. The van der Waals surface area contributed by atoms with Gasteiger partial charge in [-0.25, -0.2) is 13.1 Å². The van der Waals surface area contributed by atoms with Crippen LogP contribution in [0.2, 0.25) is 0 Å². The van der Waals surface area contributed by atoms with Gasteiger partial charge in [-0.3, -0.25) is 9.98 Å². The Hall–Kier alpha value is -1.67. The monoisotopic (exact) mass is 313 g/mol. The van der Waals surface area contributed by atoms with Crippen molar-refractivity contribution in [3.8, 4) is 0 Å². The molecule has 0 aliphatic carbocycles. The van der Waals surface area contributed by atoms with Crippen molar-refractivity contribution in [3.05, 3.63) is 30.1 Å². The Morgan fingerprint density at radius 2 is 2.00 bits per heavy atom. The van der Waals surface area contributed by atoms with Gasteiger partial charge in [0.15, 0.2) is 5.96 Å². The predicted octanol–water partition coefficient (Wildman–Crippen LogP) is -0.272. The van der Waals surface area contributed by atoms with Crippen LogP contribution in [-0.4, -0.2) is 52.3 Å². The number of sulfonamides is 1. The second-order valence-corrected chi connectivity index (χ2v) is 6.35. The van der Waals surface area contributed by atoms with E-state index >= 15 is 0 Å². The van der Waals surface area contributed by atoms with Gasteiger partial charge < -0.3 is 10.6 Å². The third kappa shape index (κ3) is 8.98. The van der Waals surface area contributed by atoms with Crippen molar-refractivity contribution in [1.82, 2.24) is 20.3 Å². The molecule has 0 radical (unpaired) electrons. The summed E-state index contributed by atoms with van der Waals surface area (Å²) in [5.41, 5.74) is 1.03. The number of rotatable bonds is 8. The minimum absolute atomic E-state index is 0.413. The fraction of sp³-hybridized carbons (Fsp3) is 0.538. The highest BCUT2D eigenvalue weighted by atomic mass is 32.2. The van der Waals surface area contributed by atoms with Gasteiger partial charge in [-0.15, -0.1) is 0 Å². The molecule has 0 saturated heterocycles. The van der Waals surface area contributed by atoms with Gasteiger partial charge in [0.2, 0.25) is 10.0 Å². The van der Waals surface area contributed by atoms with E-state index in [9.17, 15) is 8.42 Å². The highest BCUT2D eigenvalue weighted by Gasteiger charge is 2.00. The number of nitrogens with zero attached hydrogens (tertiary/aromatic N) is 2. The normalized spacial score (nSPS) is 12.2. The summed E-state index contributed by atoms with van der Waals surface area (Å²) in [4.78, 5) is 8.35. The summed E-state index contributed by atoms with van der Waals surface area (Å²) in [6.07, 6.45) is 4.43. The molecule has 118 valence electrons. The lowest BCUT2D eigenvalue weighted by Gasteiger charge is -2.11. The van der Waals surface area contributed by atoms with Crippen LogP contribution >= 0.6 is 0 Å². The van der Waals surface area contributed by atoms with Crippen LogP contribution in [0.25, 0.3) is 0 Å². The number of guanidine groups is 1. The molecular formula is C13H23N5O2S. The summed E-state index contributed by atoms with van der Waals surface area (Å²) in [6.45, 7) is 1.79. The zero-order valence-corrected chi connectivity index (χ0v) is 13.3. The molecule has 0 spiro atoms. The number of hydrogen-bond acceptors (Lipinski definition) is 4. The third-order valence-corrected chi connectivity index (χ3v) is 3.36. The number of aliphatic imine (C=N–C) groups is 1. The van der Waals surface area contributed by atoms with E-state index in [1.54, 1.807) is 13.2 Å². The Kier molecular flexibility index (Phi) is 7.70. The van der Waals surface area contributed by atoms with Crippen LogP contribution in [0, 0.1) is 0 Å². The first kappa shape index (κ1) is 17.4. The van der Waals surface area contributed by atoms with Crippen molar-refractivity contribution in [3.63, 3.8) is 0 Å². The van der Waals surface area contributed by atoms with Crippen LogP contribution in [0.3, 0.4) is 0 Å². The molecule has 0 amide bonds. The van der Waals surface area contributed by atoms with E-state index in [0.29, 0.717) is 25.5 Å². The van der Waals surface area contributed by atoms with E-state index in [-0.39, 0.29) is 0 Å². The van der Waals surface area contributed by atoms with Gasteiger partial charge in [0, 0.05) is 45.0 Å². The summed E-state index contributed by atoms with van der Waals surface area (Å²) < 4.78 is 24.2. The lowest BCUT2D eigenvalue weighted by atomic mass is 10.3. The summed E-state index contributed by atoms with van der Waals surface area (Å²) in [7, 11) is -1.41. The first-order valence-corrected chi connectivity index (χ1v) is 8.69. The molecule has 7 nitrogen and oxygen atoms in total. The Balaban J connectivity index is 2.15. The molecule has 0 aromatic carbocycles.